The molecule has 0 fully saturated rings. The van der Waals surface area contributed by atoms with Crippen molar-refractivity contribution in [2.75, 3.05) is 6.54 Å². The van der Waals surface area contributed by atoms with Crippen molar-refractivity contribution in [2.24, 2.45) is 0 Å². The van der Waals surface area contributed by atoms with Crippen molar-refractivity contribution in [3.05, 3.63) is 21.9 Å². The van der Waals surface area contributed by atoms with Gasteiger partial charge in [-0.15, -0.1) is 11.3 Å². The number of hydroxylamine groups is 1. The molecule has 2 amide bonds. The molecule has 0 aromatic carbocycles. The second-order valence-electron chi connectivity index (χ2n) is 3.92. The topological polar surface area (TPSA) is 78.4 Å². The molecule has 100 valence electrons. The molecule has 0 aliphatic heterocycles. The Kier molecular flexibility index (Phi) is 6.38. The summed E-state index contributed by atoms with van der Waals surface area (Å²) in [5.74, 6) is -0.768. The zero-order chi connectivity index (χ0) is 13.4. The Hall–Kier alpha value is -1.40. The van der Waals surface area contributed by atoms with Crippen molar-refractivity contribution in [3.63, 3.8) is 0 Å². The highest BCUT2D eigenvalue weighted by Crippen LogP contribution is 2.16. The minimum atomic E-state index is -0.595. The Morgan fingerprint density at radius 2 is 1.83 bits per heavy atom. The summed E-state index contributed by atoms with van der Waals surface area (Å²) in [5, 5.41) is 11.3. The summed E-state index contributed by atoms with van der Waals surface area (Å²) in [4.78, 5) is 23.6. The fourth-order valence-electron chi connectivity index (χ4n) is 1.48. The number of thiophene rings is 1. The number of amides is 2. The van der Waals surface area contributed by atoms with Crippen LogP contribution in [0.25, 0.3) is 0 Å². The van der Waals surface area contributed by atoms with E-state index in [-0.39, 0.29) is 5.91 Å². The van der Waals surface area contributed by atoms with E-state index in [9.17, 15) is 9.59 Å². The number of hydrogen-bond donors (Lipinski definition) is 3. The maximum absolute atomic E-state index is 11.7. The molecule has 0 radical (unpaired) electrons. The fraction of sp³-hybridized carbons (Fsp3) is 0.500. The molecule has 6 heteroatoms. The van der Waals surface area contributed by atoms with Crippen molar-refractivity contribution in [1.82, 2.24) is 10.8 Å². The number of unbranched alkanes of at least 4 members (excludes halogenated alkanes) is 3. The average molecular weight is 270 g/mol. The molecule has 1 rings (SSSR count). The van der Waals surface area contributed by atoms with Gasteiger partial charge in [0.15, 0.2) is 0 Å². The third-order valence-corrected chi connectivity index (χ3v) is 3.55. The van der Waals surface area contributed by atoms with Crippen LogP contribution in [0.4, 0.5) is 0 Å². The lowest BCUT2D eigenvalue weighted by Gasteiger charge is -2.02. The van der Waals surface area contributed by atoms with Crippen molar-refractivity contribution < 1.29 is 14.8 Å². The van der Waals surface area contributed by atoms with Gasteiger partial charge in [0.05, 0.1) is 9.75 Å². The van der Waals surface area contributed by atoms with Crippen LogP contribution < -0.4 is 10.8 Å². The van der Waals surface area contributed by atoms with Gasteiger partial charge in [-0.1, -0.05) is 26.2 Å². The van der Waals surface area contributed by atoms with E-state index in [1.165, 1.54) is 24.4 Å². The minimum absolute atomic E-state index is 0.173. The van der Waals surface area contributed by atoms with Crippen LogP contribution >= 0.6 is 11.3 Å². The first-order chi connectivity index (χ1) is 8.69. The third-order valence-electron chi connectivity index (χ3n) is 2.47. The summed E-state index contributed by atoms with van der Waals surface area (Å²) in [6.45, 7) is 2.79. The molecule has 0 bridgehead atoms. The van der Waals surface area contributed by atoms with Gasteiger partial charge < -0.3 is 5.32 Å². The van der Waals surface area contributed by atoms with E-state index in [2.05, 4.69) is 12.2 Å². The largest absolute Gasteiger partial charge is 0.351 e. The first kappa shape index (κ1) is 14.7. The Morgan fingerprint density at radius 3 is 2.44 bits per heavy atom. The van der Waals surface area contributed by atoms with Crippen molar-refractivity contribution in [1.29, 1.82) is 0 Å². The van der Waals surface area contributed by atoms with Gasteiger partial charge in [0.1, 0.15) is 0 Å². The Balaban J connectivity index is 2.37. The predicted octanol–water partition coefficient (Wildman–Crippen LogP) is 2.18. The van der Waals surface area contributed by atoms with Gasteiger partial charge in [-0.05, 0) is 18.6 Å². The number of nitrogens with one attached hydrogen (secondary N) is 2. The first-order valence-corrected chi connectivity index (χ1v) is 6.83. The van der Waals surface area contributed by atoms with Gasteiger partial charge in [0, 0.05) is 6.54 Å². The summed E-state index contributed by atoms with van der Waals surface area (Å²) in [5.41, 5.74) is 1.54. The molecule has 1 aromatic rings. The second-order valence-corrected chi connectivity index (χ2v) is 5.01. The number of carbonyl (C=O) groups is 2. The lowest BCUT2D eigenvalue weighted by Crippen LogP contribution is -2.23. The summed E-state index contributed by atoms with van der Waals surface area (Å²) in [7, 11) is 0. The number of carbonyl (C=O) groups excluding carboxylic acids is 2. The third kappa shape index (κ3) is 4.46. The highest BCUT2D eigenvalue weighted by atomic mass is 32.1. The average Bonchev–Trinajstić information content (AvgIpc) is 2.87. The maximum Gasteiger partial charge on any atom is 0.284 e. The first-order valence-electron chi connectivity index (χ1n) is 6.01. The van der Waals surface area contributed by atoms with Gasteiger partial charge in [-0.25, -0.2) is 5.48 Å². The minimum Gasteiger partial charge on any atom is -0.351 e. The Bertz CT molecular complexity index is 404. The molecule has 5 nitrogen and oxygen atoms in total. The van der Waals surface area contributed by atoms with E-state index < -0.39 is 5.91 Å². The zero-order valence-corrected chi connectivity index (χ0v) is 11.2. The molecule has 0 atom stereocenters. The summed E-state index contributed by atoms with van der Waals surface area (Å²) >= 11 is 1.06. The molecule has 0 spiro atoms. The van der Waals surface area contributed by atoms with Crippen LogP contribution in [0.1, 0.15) is 52.0 Å². The van der Waals surface area contributed by atoms with Crippen molar-refractivity contribution >= 4 is 23.2 Å². The van der Waals surface area contributed by atoms with E-state index in [0.29, 0.717) is 16.3 Å². The maximum atomic E-state index is 11.7. The van der Waals surface area contributed by atoms with Crippen LogP contribution in [0, 0.1) is 0 Å². The Morgan fingerprint density at radius 1 is 1.17 bits per heavy atom. The van der Waals surface area contributed by atoms with Crippen LogP contribution in [0.5, 0.6) is 0 Å². The van der Waals surface area contributed by atoms with Crippen LogP contribution in [0.15, 0.2) is 12.1 Å². The molecular formula is C12H18N2O3S. The molecule has 0 aliphatic carbocycles. The van der Waals surface area contributed by atoms with Gasteiger partial charge in [-0.2, -0.15) is 0 Å². The van der Waals surface area contributed by atoms with Crippen LogP contribution in [0.3, 0.4) is 0 Å². The van der Waals surface area contributed by atoms with Crippen molar-refractivity contribution in [3.8, 4) is 0 Å². The monoisotopic (exact) mass is 270 g/mol. The lowest BCUT2D eigenvalue weighted by molar-refractivity contribution is 0.0711. The molecule has 1 heterocycles. The van der Waals surface area contributed by atoms with Gasteiger partial charge in [-0.3, -0.25) is 14.8 Å². The highest BCUT2D eigenvalue weighted by molar-refractivity contribution is 7.15. The van der Waals surface area contributed by atoms with E-state index >= 15 is 0 Å². The SMILES string of the molecule is CCCCCCNC(=O)c1ccc(C(=O)NO)s1. The standard InChI is InChI=1S/C12H18N2O3S/c1-2-3-4-5-8-13-11(15)9-6-7-10(18-9)12(16)14-17/h6-7,17H,2-5,8H2,1H3,(H,13,15)(H,14,16). The molecule has 3 N–H and O–H groups in total. The van der Waals surface area contributed by atoms with Crippen LogP contribution in [-0.2, 0) is 0 Å². The number of rotatable bonds is 7. The molecule has 0 aliphatic rings. The quantitative estimate of drug-likeness (QED) is 0.403. The van der Waals surface area contributed by atoms with Gasteiger partial charge in [0.2, 0.25) is 0 Å². The van der Waals surface area contributed by atoms with Crippen molar-refractivity contribution in [2.45, 2.75) is 32.6 Å². The zero-order valence-electron chi connectivity index (χ0n) is 10.4. The molecule has 18 heavy (non-hydrogen) atoms. The van der Waals surface area contributed by atoms with Gasteiger partial charge >= 0.3 is 0 Å². The summed E-state index contributed by atoms with van der Waals surface area (Å²) in [6.07, 6.45) is 4.42. The predicted molar refractivity (Wildman–Crippen MR) is 70.0 cm³/mol. The normalized spacial score (nSPS) is 10.1. The molecule has 0 unspecified atom stereocenters. The summed E-state index contributed by atoms with van der Waals surface area (Å²) in [6, 6.07) is 3.10. The highest BCUT2D eigenvalue weighted by Gasteiger charge is 2.12. The van der Waals surface area contributed by atoms with E-state index in [4.69, 9.17) is 5.21 Å². The molecule has 0 saturated carbocycles. The fourth-order valence-corrected chi connectivity index (χ4v) is 2.29. The smallest absolute Gasteiger partial charge is 0.284 e. The molecular weight excluding hydrogens is 252 g/mol. The molecule has 1 aromatic heterocycles. The Labute approximate surface area is 110 Å². The van der Waals surface area contributed by atoms with Crippen LogP contribution in [-0.4, -0.2) is 23.6 Å². The van der Waals surface area contributed by atoms with Crippen LogP contribution in [0.2, 0.25) is 0 Å². The van der Waals surface area contributed by atoms with Gasteiger partial charge in [0.25, 0.3) is 11.8 Å². The second kappa shape index (κ2) is 7.84. The number of hydrogen-bond acceptors (Lipinski definition) is 4. The van der Waals surface area contributed by atoms with E-state index in [1.807, 2.05) is 0 Å². The lowest BCUT2D eigenvalue weighted by atomic mass is 10.2. The molecule has 0 saturated heterocycles. The summed E-state index contributed by atoms with van der Waals surface area (Å²) < 4.78 is 0. The van der Waals surface area contributed by atoms with E-state index in [0.717, 1.165) is 24.2 Å². The van der Waals surface area contributed by atoms with E-state index in [1.54, 1.807) is 6.07 Å².